The SMILES string of the molecule is S=C1NC(c2ccccn2)C(c2ccc(-c3cccc(Cl)c3Cl)o2)N1CC1CCCO1. The van der Waals surface area contributed by atoms with Gasteiger partial charge in [0.2, 0.25) is 0 Å². The topological polar surface area (TPSA) is 50.5 Å². The van der Waals surface area contributed by atoms with Crippen LogP contribution in [0.5, 0.6) is 0 Å². The summed E-state index contributed by atoms with van der Waals surface area (Å²) in [6.07, 6.45) is 4.05. The molecule has 3 unspecified atom stereocenters. The van der Waals surface area contributed by atoms with Gasteiger partial charge in [0.15, 0.2) is 5.11 Å². The quantitative estimate of drug-likeness (QED) is 0.472. The summed E-state index contributed by atoms with van der Waals surface area (Å²) in [5.41, 5.74) is 1.66. The van der Waals surface area contributed by atoms with Crippen LogP contribution < -0.4 is 5.32 Å². The van der Waals surface area contributed by atoms with E-state index < -0.39 is 0 Å². The molecule has 2 saturated heterocycles. The monoisotopic (exact) mass is 473 g/mol. The first-order valence-corrected chi connectivity index (χ1v) is 11.4. The molecule has 2 fully saturated rings. The minimum atomic E-state index is -0.154. The highest BCUT2D eigenvalue weighted by Gasteiger charge is 2.42. The second kappa shape index (κ2) is 8.79. The van der Waals surface area contributed by atoms with Gasteiger partial charge in [-0.3, -0.25) is 4.98 Å². The molecular weight excluding hydrogens is 453 g/mol. The van der Waals surface area contributed by atoms with E-state index in [1.807, 2.05) is 42.5 Å². The van der Waals surface area contributed by atoms with Gasteiger partial charge in [0.1, 0.15) is 17.6 Å². The molecule has 5 nitrogen and oxygen atoms in total. The van der Waals surface area contributed by atoms with Crippen LogP contribution in [0.25, 0.3) is 11.3 Å². The van der Waals surface area contributed by atoms with Gasteiger partial charge in [-0.2, -0.15) is 0 Å². The Bertz CT molecular complexity index is 1090. The van der Waals surface area contributed by atoms with E-state index in [0.29, 0.717) is 27.5 Å². The Morgan fingerprint density at radius 1 is 1.13 bits per heavy atom. The van der Waals surface area contributed by atoms with Crippen LogP contribution in [-0.4, -0.2) is 34.3 Å². The summed E-state index contributed by atoms with van der Waals surface area (Å²) in [6, 6.07) is 15.0. The lowest BCUT2D eigenvalue weighted by molar-refractivity contribution is 0.0818. The molecule has 4 heterocycles. The average Bonchev–Trinajstić information content (AvgIpc) is 3.52. The summed E-state index contributed by atoms with van der Waals surface area (Å²) in [7, 11) is 0. The number of pyridine rings is 1. The van der Waals surface area contributed by atoms with E-state index in [4.69, 9.17) is 44.6 Å². The Morgan fingerprint density at radius 2 is 2.03 bits per heavy atom. The molecule has 0 saturated carbocycles. The third-order valence-corrected chi connectivity index (χ3v) is 6.93. The number of hydrogen-bond donors (Lipinski definition) is 1. The van der Waals surface area contributed by atoms with Crippen LogP contribution in [0.15, 0.2) is 59.1 Å². The van der Waals surface area contributed by atoms with E-state index in [1.54, 1.807) is 12.3 Å². The molecule has 8 heteroatoms. The lowest BCUT2D eigenvalue weighted by Gasteiger charge is -2.28. The molecule has 2 aliphatic heterocycles. The van der Waals surface area contributed by atoms with Crippen molar-refractivity contribution in [2.24, 2.45) is 0 Å². The number of nitrogens with zero attached hydrogens (tertiary/aromatic N) is 2. The van der Waals surface area contributed by atoms with E-state index in [-0.39, 0.29) is 18.2 Å². The minimum Gasteiger partial charge on any atom is -0.459 e. The van der Waals surface area contributed by atoms with Crippen LogP contribution in [-0.2, 0) is 4.74 Å². The van der Waals surface area contributed by atoms with Crippen molar-refractivity contribution in [3.63, 3.8) is 0 Å². The van der Waals surface area contributed by atoms with Gasteiger partial charge in [0, 0.05) is 24.9 Å². The van der Waals surface area contributed by atoms with Gasteiger partial charge >= 0.3 is 0 Å². The van der Waals surface area contributed by atoms with E-state index in [1.165, 1.54) is 0 Å². The van der Waals surface area contributed by atoms with Gasteiger partial charge in [-0.15, -0.1) is 0 Å². The number of furan rings is 1. The number of benzene rings is 1. The Balaban J connectivity index is 1.52. The third-order valence-electron chi connectivity index (χ3n) is 5.76. The average molecular weight is 474 g/mol. The Morgan fingerprint density at radius 3 is 2.81 bits per heavy atom. The molecule has 0 amide bonds. The van der Waals surface area contributed by atoms with Crippen LogP contribution in [0.3, 0.4) is 0 Å². The molecule has 1 N–H and O–H groups in total. The second-order valence-corrected chi connectivity index (χ2v) is 8.89. The number of rotatable bonds is 5. The molecule has 1 aromatic carbocycles. The molecule has 3 aromatic rings. The smallest absolute Gasteiger partial charge is 0.170 e. The van der Waals surface area contributed by atoms with Gasteiger partial charge in [-0.05, 0) is 61.5 Å². The van der Waals surface area contributed by atoms with Crippen molar-refractivity contribution >= 4 is 40.5 Å². The molecule has 3 atom stereocenters. The standard InChI is InChI=1S/C23H21Cl2N3O2S/c24-16-7-3-6-15(20(16)25)18-9-10-19(30-18)22-21(17-8-1-2-11-26-17)27-23(31)28(22)13-14-5-4-12-29-14/h1-3,6-11,14,21-22H,4-5,12-13H2,(H,27,31). The number of ether oxygens (including phenoxy) is 1. The van der Waals surface area contributed by atoms with Crippen LogP contribution in [0.2, 0.25) is 10.0 Å². The Labute approximate surface area is 196 Å². The minimum absolute atomic E-state index is 0.135. The lowest BCUT2D eigenvalue weighted by atomic mass is 10.0. The maximum absolute atomic E-state index is 6.42. The number of hydrogen-bond acceptors (Lipinski definition) is 4. The zero-order valence-electron chi connectivity index (χ0n) is 16.6. The van der Waals surface area contributed by atoms with Crippen LogP contribution in [0.1, 0.15) is 36.4 Å². The van der Waals surface area contributed by atoms with E-state index in [9.17, 15) is 0 Å². The van der Waals surface area contributed by atoms with Crippen molar-refractivity contribution in [2.45, 2.75) is 31.0 Å². The van der Waals surface area contributed by atoms with Crippen molar-refractivity contribution in [3.05, 3.63) is 76.2 Å². The summed E-state index contributed by atoms with van der Waals surface area (Å²) in [5, 5.41) is 5.09. The molecule has 160 valence electrons. The number of aromatic nitrogens is 1. The van der Waals surface area contributed by atoms with Gasteiger partial charge in [-0.25, -0.2) is 0 Å². The highest BCUT2D eigenvalue weighted by Crippen LogP contribution is 2.42. The zero-order chi connectivity index (χ0) is 21.4. The molecular formula is C23H21Cl2N3O2S. The summed E-state index contributed by atoms with van der Waals surface area (Å²) in [6.45, 7) is 1.50. The molecule has 0 spiro atoms. The first-order valence-electron chi connectivity index (χ1n) is 10.3. The summed E-state index contributed by atoms with van der Waals surface area (Å²) >= 11 is 18.4. The molecule has 0 aliphatic carbocycles. The van der Waals surface area contributed by atoms with Gasteiger partial charge in [0.05, 0.1) is 27.9 Å². The molecule has 0 bridgehead atoms. The molecule has 5 rings (SSSR count). The molecule has 31 heavy (non-hydrogen) atoms. The summed E-state index contributed by atoms with van der Waals surface area (Å²) < 4.78 is 12.2. The van der Waals surface area contributed by atoms with Crippen molar-refractivity contribution in [3.8, 4) is 11.3 Å². The predicted octanol–water partition coefficient (Wildman–Crippen LogP) is 5.80. The first kappa shape index (κ1) is 20.8. The Kier molecular flexibility index (Phi) is 5.89. The van der Waals surface area contributed by atoms with E-state index >= 15 is 0 Å². The highest BCUT2D eigenvalue weighted by atomic mass is 35.5. The fourth-order valence-corrected chi connectivity index (χ4v) is 4.98. The van der Waals surface area contributed by atoms with Crippen LogP contribution in [0, 0.1) is 0 Å². The third kappa shape index (κ3) is 4.05. The van der Waals surface area contributed by atoms with Crippen LogP contribution in [0.4, 0.5) is 0 Å². The maximum Gasteiger partial charge on any atom is 0.170 e. The maximum atomic E-state index is 6.42. The normalized spacial score (nSPS) is 23.4. The molecule has 2 aromatic heterocycles. The second-order valence-electron chi connectivity index (χ2n) is 7.72. The van der Waals surface area contributed by atoms with E-state index in [2.05, 4.69) is 15.2 Å². The summed E-state index contributed by atoms with van der Waals surface area (Å²) in [5.74, 6) is 1.45. The lowest BCUT2D eigenvalue weighted by Crippen LogP contribution is -2.36. The molecule has 0 radical (unpaired) electrons. The van der Waals surface area contributed by atoms with Gasteiger partial charge in [0.25, 0.3) is 0 Å². The number of nitrogens with one attached hydrogen (secondary N) is 1. The summed E-state index contributed by atoms with van der Waals surface area (Å²) in [4.78, 5) is 6.73. The fraction of sp³-hybridized carbons (Fsp3) is 0.304. The largest absolute Gasteiger partial charge is 0.459 e. The zero-order valence-corrected chi connectivity index (χ0v) is 19.0. The van der Waals surface area contributed by atoms with Crippen molar-refractivity contribution in [1.82, 2.24) is 15.2 Å². The van der Waals surface area contributed by atoms with Crippen molar-refractivity contribution in [2.75, 3.05) is 13.2 Å². The highest BCUT2D eigenvalue weighted by molar-refractivity contribution is 7.80. The molecule has 2 aliphatic rings. The van der Waals surface area contributed by atoms with Gasteiger partial charge < -0.3 is 19.4 Å². The Hall–Kier alpha value is -2.12. The number of halogens is 2. The van der Waals surface area contributed by atoms with Crippen LogP contribution >= 0.6 is 35.4 Å². The van der Waals surface area contributed by atoms with Crippen molar-refractivity contribution < 1.29 is 9.15 Å². The first-order chi connectivity index (χ1) is 15.1. The fourth-order valence-electron chi connectivity index (χ4n) is 4.27. The van der Waals surface area contributed by atoms with Gasteiger partial charge in [-0.1, -0.05) is 35.3 Å². The van der Waals surface area contributed by atoms with E-state index in [0.717, 1.165) is 36.5 Å². The number of thiocarbonyl (C=S) groups is 1. The predicted molar refractivity (Wildman–Crippen MR) is 125 cm³/mol. The van der Waals surface area contributed by atoms with Crippen molar-refractivity contribution in [1.29, 1.82) is 0 Å².